The van der Waals surface area contributed by atoms with E-state index in [0.29, 0.717) is 5.78 Å². The fourth-order valence-electron chi connectivity index (χ4n) is 4.49. The highest BCUT2D eigenvalue weighted by molar-refractivity contribution is 5.97. The number of nitrogens with zero attached hydrogens (tertiary/aromatic N) is 1. The average molecular weight is 389 g/mol. The Kier molecular flexibility index (Phi) is 6.46. The van der Waals surface area contributed by atoms with Gasteiger partial charge in [0.2, 0.25) is 0 Å². The summed E-state index contributed by atoms with van der Waals surface area (Å²) in [7, 11) is 0. The highest BCUT2D eigenvalue weighted by Gasteiger charge is 2.25. The average Bonchev–Trinajstić information content (AvgIpc) is 3.20. The number of likely N-dealkylation sites (tertiary alicyclic amines) is 1. The third-order valence-corrected chi connectivity index (χ3v) is 6.39. The summed E-state index contributed by atoms with van der Waals surface area (Å²) in [5, 5.41) is 1.33. The molecule has 3 heteroatoms. The number of aromatic nitrogens is 1. The number of aromatic amines is 1. The summed E-state index contributed by atoms with van der Waals surface area (Å²) < 4.78 is 0. The van der Waals surface area contributed by atoms with Crippen LogP contribution in [0.15, 0.2) is 54.7 Å². The minimum absolute atomic E-state index is 0.181. The molecule has 1 aliphatic heterocycles. The van der Waals surface area contributed by atoms with Crippen LogP contribution in [0.3, 0.4) is 0 Å². The van der Waals surface area contributed by atoms with Crippen molar-refractivity contribution < 1.29 is 4.79 Å². The number of hydrogen-bond donors (Lipinski definition) is 1. The Labute approximate surface area is 174 Å². The third-order valence-electron chi connectivity index (χ3n) is 6.39. The molecule has 0 atom stereocenters. The van der Waals surface area contributed by atoms with Gasteiger partial charge in [-0.05, 0) is 62.4 Å². The molecule has 4 rings (SSSR count). The van der Waals surface area contributed by atoms with E-state index in [1.54, 1.807) is 0 Å². The molecule has 1 aromatic heterocycles. The van der Waals surface area contributed by atoms with E-state index in [-0.39, 0.29) is 5.92 Å². The van der Waals surface area contributed by atoms with Gasteiger partial charge in [-0.1, -0.05) is 55.8 Å². The van der Waals surface area contributed by atoms with Crippen molar-refractivity contribution in [1.29, 1.82) is 0 Å². The van der Waals surface area contributed by atoms with Gasteiger partial charge in [0.25, 0.3) is 0 Å². The summed E-state index contributed by atoms with van der Waals surface area (Å²) in [6.07, 6.45) is 8.69. The van der Waals surface area contributed by atoms with Gasteiger partial charge in [-0.15, -0.1) is 0 Å². The largest absolute Gasteiger partial charge is 0.361 e. The SMILES string of the molecule is CCCCc1ccc(C(=O)C2CCN(CCc3c[nH]c4ccccc34)CC2)cc1. The van der Waals surface area contributed by atoms with Gasteiger partial charge >= 0.3 is 0 Å². The quantitative estimate of drug-likeness (QED) is 0.506. The molecule has 0 aliphatic carbocycles. The minimum atomic E-state index is 0.181. The van der Waals surface area contributed by atoms with Gasteiger partial charge in [0.1, 0.15) is 0 Å². The van der Waals surface area contributed by atoms with Gasteiger partial charge in [0, 0.05) is 35.1 Å². The lowest BCUT2D eigenvalue weighted by atomic mass is 9.88. The van der Waals surface area contributed by atoms with Crippen molar-refractivity contribution in [1.82, 2.24) is 9.88 Å². The van der Waals surface area contributed by atoms with Crippen LogP contribution in [-0.4, -0.2) is 35.3 Å². The second-order valence-electron chi connectivity index (χ2n) is 8.39. The summed E-state index contributed by atoms with van der Waals surface area (Å²) in [5.41, 5.74) is 4.84. The molecule has 0 spiro atoms. The van der Waals surface area contributed by atoms with Gasteiger partial charge in [0.05, 0.1) is 0 Å². The molecule has 1 fully saturated rings. The first-order chi connectivity index (χ1) is 14.2. The number of unbranched alkanes of at least 4 members (excludes halogenated alkanes) is 1. The van der Waals surface area contributed by atoms with Crippen LogP contribution in [0.5, 0.6) is 0 Å². The monoisotopic (exact) mass is 388 g/mol. The number of ketones is 1. The number of para-hydroxylation sites is 1. The Morgan fingerprint density at radius 3 is 2.55 bits per heavy atom. The topological polar surface area (TPSA) is 36.1 Å². The maximum absolute atomic E-state index is 12.9. The number of nitrogens with one attached hydrogen (secondary N) is 1. The van der Waals surface area contributed by atoms with Crippen LogP contribution in [0.2, 0.25) is 0 Å². The number of Topliss-reactive ketones (excluding diaryl/α,β-unsaturated/α-hetero) is 1. The predicted octanol–water partition coefficient (Wildman–Crippen LogP) is 5.65. The number of carbonyl (C=O) groups is 1. The normalized spacial score (nSPS) is 15.8. The zero-order valence-electron chi connectivity index (χ0n) is 17.5. The van der Waals surface area contributed by atoms with E-state index >= 15 is 0 Å². The maximum atomic E-state index is 12.9. The molecule has 1 aliphatic rings. The molecule has 2 heterocycles. The van der Waals surface area contributed by atoms with E-state index in [1.807, 2.05) is 12.1 Å². The fourth-order valence-corrected chi connectivity index (χ4v) is 4.49. The van der Waals surface area contributed by atoms with Crippen LogP contribution in [0, 0.1) is 5.92 Å². The molecule has 0 amide bonds. The van der Waals surface area contributed by atoms with Crippen LogP contribution in [0.1, 0.15) is 54.1 Å². The Morgan fingerprint density at radius 1 is 1.03 bits per heavy atom. The molecule has 1 N–H and O–H groups in total. The van der Waals surface area contributed by atoms with Crippen LogP contribution < -0.4 is 0 Å². The second kappa shape index (κ2) is 9.41. The molecule has 152 valence electrons. The molecule has 1 saturated heterocycles. The van der Waals surface area contributed by atoms with Crippen LogP contribution >= 0.6 is 0 Å². The van der Waals surface area contributed by atoms with Crippen molar-refractivity contribution in [2.75, 3.05) is 19.6 Å². The number of piperidine rings is 1. The summed E-state index contributed by atoms with van der Waals surface area (Å²) >= 11 is 0. The molecule has 3 aromatic rings. The Bertz CT molecular complexity index is 933. The van der Waals surface area contributed by atoms with E-state index in [2.05, 4.69) is 59.4 Å². The van der Waals surface area contributed by atoms with E-state index in [0.717, 1.165) is 50.9 Å². The molecule has 0 bridgehead atoms. The number of hydrogen-bond acceptors (Lipinski definition) is 2. The van der Waals surface area contributed by atoms with E-state index in [9.17, 15) is 4.79 Å². The fraction of sp³-hybridized carbons (Fsp3) is 0.423. The highest BCUT2D eigenvalue weighted by Crippen LogP contribution is 2.24. The van der Waals surface area contributed by atoms with Crippen molar-refractivity contribution in [2.24, 2.45) is 5.92 Å². The molecule has 0 unspecified atom stereocenters. The first-order valence-corrected chi connectivity index (χ1v) is 11.1. The first kappa shape index (κ1) is 19.9. The van der Waals surface area contributed by atoms with Gasteiger partial charge in [-0.25, -0.2) is 0 Å². The number of aryl methyl sites for hydroxylation is 1. The van der Waals surface area contributed by atoms with Crippen molar-refractivity contribution >= 4 is 16.7 Å². The number of H-pyrrole nitrogens is 1. The molecular formula is C26H32N2O. The molecule has 0 radical (unpaired) electrons. The smallest absolute Gasteiger partial charge is 0.166 e. The van der Waals surface area contributed by atoms with Gasteiger partial charge < -0.3 is 9.88 Å². The highest BCUT2D eigenvalue weighted by atomic mass is 16.1. The maximum Gasteiger partial charge on any atom is 0.166 e. The standard InChI is InChI=1S/C26H32N2O/c1-2-3-6-20-9-11-21(12-10-20)26(29)22-13-16-28(17-14-22)18-15-23-19-27-25-8-5-4-7-24(23)25/h4-5,7-12,19,22,27H,2-3,6,13-18H2,1H3. The summed E-state index contributed by atoms with van der Waals surface area (Å²) in [4.78, 5) is 18.8. The molecule has 2 aromatic carbocycles. The Hall–Kier alpha value is -2.39. The summed E-state index contributed by atoms with van der Waals surface area (Å²) in [6.45, 7) is 5.32. The second-order valence-corrected chi connectivity index (χ2v) is 8.39. The zero-order valence-corrected chi connectivity index (χ0v) is 17.5. The van der Waals surface area contributed by atoms with Crippen LogP contribution in [0.4, 0.5) is 0 Å². The van der Waals surface area contributed by atoms with E-state index in [1.165, 1.54) is 34.9 Å². The predicted molar refractivity (Wildman–Crippen MR) is 121 cm³/mol. The van der Waals surface area contributed by atoms with Gasteiger partial charge in [-0.2, -0.15) is 0 Å². The number of benzene rings is 2. The van der Waals surface area contributed by atoms with Gasteiger partial charge in [0.15, 0.2) is 5.78 Å². The lowest BCUT2D eigenvalue weighted by molar-refractivity contribution is 0.0841. The van der Waals surface area contributed by atoms with E-state index < -0.39 is 0 Å². The first-order valence-electron chi connectivity index (χ1n) is 11.1. The summed E-state index contributed by atoms with van der Waals surface area (Å²) in [6, 6.07) is 16.9. The Morgan fingerprint density at radius 2 is 1.79 bits per heavy atom. The van der Waals surface area contributed by atoms with Crippen LogP contribution in [-0.2, 0) is 12.8 Å². The van der Waals surface area contributed by atoms with Crippen molar-refractivity contribution in [2.45, 2.75) is 45.4 Å². The molecule has 3 nitrogen and oxygen atoms in total. The zero-order chi connectivity index (χ0) is 20.1. The number of carbonyl (C=O) groups excluding carboxylic acids is 1. The van der Waals surface area contributed by atoms with Crippen molar-refractivity contribution in [3.8, 4) is 0 Å². The van der Waals surface area contributed by atoms with E-state index in [4.69, 9.17) is 0 Å². The number of rotatable bonds is 8. The van der Waals surface area contributed by atoms with Gasteiger partial charge in [-0.3, -0.25) is 4.79 Å². The lowest BCUT2D eigenvalue weighted by Crippen LogP contribution is -2.37. The van der Waals surface area contributed by atoms with Crippen molar-refractivity contribution in [3.05, 3.63) is 71.4 Å². The molecule has 29 heavy (non-hydrogen) atoms. The van der Waals surface area contributed by atoms with Crippen molar-refractivity contribution in [3.63, 3.8) is 0 Å². The Balaban J connectivity index is 1.27. The molecular weight excluding hydrogens is 356 g/mol. The summed E-state index contributed by atoms with van der Waals surface area (Å²) in [5.74, 6) is 0.518. The molecule has 0 saturated carbocycles. The van der Waals surface area contributed by atoms with Crippen LogP contribution in [0.25, 0.3) is 10.9 Å². The lowest BCUT2D eigenvalue weighted by Gasteiger charge is -2.31. The minimum Gasteiger partial charge on any atom is -0.361 e. The third kappa shape index (κ3) is 4.79. The number of fused-ring (bicyclic) bond motifs is 1.